The molecule has 4 rings (SSSR count). The van der Waals surface area contributed by atoms with Crippen LogP contribution < -0.4 is 9.64 Å². The van der Waals surface area contributed by atoms with Crippen LogP contribution in [0.15, 0.2) is 41.8 Å². The first kappa shape index (κ1) is 18.4. The van der Waals surface area contributed by atoms with Crippen LogP contribution in [0, 0.1) is 0 Å². The lowest BCUT2D eigenvalue weighted by Gasteiger charge is -2.10. The minimum absolute atomic E-state index is 0.0948. The van der Waals surface area contributed by atoms with Crippen molar-refractivity contribution >= 4 is 39.1 Å². The zero-order chi connectivity index (χ0) is 19.5. The van der Waals surface area contributed by atoms with E-state index in [1.165, 1.54) is 11.3 Å². The van der Waals surface area contributed by atoms with Gasteiger partial charge in [-0.15, -0.1) is 11.3 Å². The number of benzene rings is 2. The summed E-state index contributed by atoms with van der Waals surface area (Å²) in [5.74, 6) is 0.571. The number of amides is 1. The molecule has 1 aromatic heterocycles. The molecule has 0 unspecified atom stereocenters. The van der Waals surface area contributed by atoms with Gasteiger partial charge >= 0.3 is 5.97 Å². The molecular weight excluding hydrogens is 376 g/mol. The smallest absolute Gasteiger partial charge is 0.312 e. The molecule has 1 aliphatic heterocycles. The van der Waals surface area contributed by atoms with Crippen LogP contribution >= 0.6 is 11.3 Å². The summed E-state index contributed by atoms with van der Waals surface area (Å²) in [6.07, 6.45) is 1.52. The zero-order valence-electron chi connectivity index (χ0n) is 15.5. The number of anilines is 1. The molecule has 0 radical (unpaired) electrons. The van der Waals surface area contributed by atoms with Crippen molar-refractivity contribution in [3.8, 4) is 5.75 Å². The van der Waals surface area contributed by atoms with Gasteiger partial charge in [-0.05, 0) is 41.0 Å². The van der Waals surface area contributed by atoms with Crippen molar-refractivity contribution < 1.29 is 19.1 Å². The highest BCUT2D eigenvalue weighted by Crippen LogP contribution is 2.26. The van der Waals surface area contributed by atoms with Gasteiger partial charge in [-0.1, -0.05) is 18.2 Å². The summed E-state index contributed by atoms with van der Waals surface area (Å²) in [4.78, 5) is 30.1. The first-order valence-corrected chi connectivity index (χ1v) is 9.97. The SMILES string of the molecule is COc1ccc2cc(COC(=O)Cc3csc(N4CCCC4=O)n3)ccc2c1. The van der Waals surface area contributed by atoms with Gasteiger partial charge in [0.2, 0.25) is 5.91 Å². The van der Waals surface area contributed by atoms with Crippen molar-refractivity contribution in [2.45, 2.75) is 25.9 Å². The Morgan fingerprint density at radius 1 is 1.21 bits per heavy atom. The lowest BCUT2D eigenvalue weighted by molar-refractivity contribution is -0.144. The molecule has 1 amide bonds. The molecule has 2 heterocycles. The van der Waals surface area contributed by atoms with E-state index < -0.39 is 0 Å². The minimum atomic E-state index is -0.334. The van der Waals surface area contributed by atoms with Crippen LogP contribution in [0.3, 0.4) is 0 Å². The Hall–Kier alpha value is -2.93. The number of nitrogens with zero attached hydrogens (tertiary/aromatic N) is 2. The van der Waals surface area contributed by atoms with E-state index in [1.807, 2.05) is 41.8 Å². The van der Waals surface area contributed by atoms with Gasteiger partial charge in [0.25, 0.3) is 0 Å². The lowest BCUT2D eigenvalue weighted by atomic mass is 10.1. The number of methoxy groups -OCH3 is 1. The predicted octanol–water partition coefficient (Wildman–Crippen LogP) is 3.72. The molecule has 1 aliphatic rings. The van der Waals surface area contributed by atoms with E-state index >= 15 is 0 Å². The number of carbonyl (C=O) groups excluding carboxylic acids is 2. The maximum atomic E-state index is 12.2. The Labute approximate surface area is 166 Å². The maximum Gasteiger partial charge on any atom is 0.312 e. The van der Waals surface area contributed by atoms with Crippen LogP contribution in [-0.4, -0.2) is 30.5 Å². The molecule has 0 atom stereocenters. The predicted molar refractivity (Wildman–Crippen MR) is 108 cm³/mol. The van der Waals surface area contributed by atoms with Crippen LogP contribution in [-0.2, 0) is 27.4 Å². The van der Waals surface area contributed by atoms with Crippen molar-refractivity contribution in [1.82, 2.24) is 4.98 Å². The highest BCUT2D eigenvalue weighted by molar-refractivity contribution is 7.14. The van der Waals surface area contributed by atoms with Gasteiger partial charge in [0, 0.05) is 18.3 Å². The fraction of sp³-hybridized carbons (Fsp3) is 0.286. The number of carbonyl (C=O) groups is 2. The topological polar surface area (TPSA) is 68.7 Å². The molecule has 0 aliphatic carbocycles. The fourth-order valence-corrected chi connectivity index (χ4v) is 4.07. The minimum Gasteiger partial charge on any atom is -0.497 e. The standard InChI is InChI=1S/C21H20N2O4S/c1-26-18-7-6-15-9-14(4-5-16(15)10-18)12-27-20(25)11-17-13-28-21(22-17)23-8-2-3-19(23)24/h4-7,9-10,13H,2-3,8,11-12H2,1H3. The van der Waals surface area contributed by atoms with Crippen LogP contribution in [0.1, 0.15) is 24.1 Å². The van der Waals surface area contributed by atoms with E-state index in [2.05, 4.69) is 4.98 Å². The van der Waals surface area contributed by atoms with Crippen LogP contribution in [0.4, 0.5) is 5.13 Å². The first-order chi connectivity index (χ1) is 13.6. The number of rotatable bonds is 6. The van der Waals surface area contributed by atoms with Gasteiger partial charge < -0.3 is 9.47 Å². The van der Waals surface area contributed by atoms with E-state index in [0.29, 0.717) is 23.8 Å². The number of hydrogen-bond donors (Lipinski definition) is 0. The summed E-state index contributed by atoms with van der Waals surface area (Å²) >= 11 is 1.39. The Bertz CT molecular complexity index is 1030. The largest absolute Gasteiger partial charge is 0.497 e. The number of aromatic nitrogens is 1. The molecule has 2 aromatic carbocycles. The van der Waals surface area contributed by atoms with Crippen molar-refractivity contribution in [3.05, 3.63) is 53.0 Å². The molecular formula is C21H20N2O4S. The summed E-state index contributed by atoms with van der Waals surface area (Å²) in [5.41, 5.74) is 1.56. The number of hydrogen-bond acceptors (Lipinski definition) is 6. The highest BCUT2D eigenvalue weighted by atomic mass is 32.1. The second-order valence-electron chi connectivity index (χ2n) is 6.66. The van der Waals surface area contributed by atoms with E-state index in [1.54, 1.807) is 12.0 Å². The van der Waals surface area contributed by atoms with Crippen LogP contribution in [0.25, 0.3) is 10.8 Å². The van der Waals surface area contributed by atoms with Crippen LogP contribution in [0.5, 0.6) is 5.75 Å². The quantitative estimate of drug-likeness (QED) is 0.594. The van der Waals surface area contributed by atoms with Gasteiger partial charge in [0.05, 0.1) is 19.2 Å². The second-order valence-corrected chi connectivity index (χ2v) is 7.49. The molecule has 3 aromatic rings. The van der Waals surface area contributed by atoms with Crippen molar-refractivity contribution in [2.75, 3.05) is 18.6 Å². The molecule has 0 saturated carbocycles. The van der Waals surface area contributed by atoms with Gasteiger partial charge in [0.15, 0.2) is 5.13 Å². The molecule has 1 saturated heterocycles. The molecule has 1 fully saturated rings. The molecule has 7 heteroatoms. The van der Waals surface area contributed by atoms with E-state index in [9.17, 15) is 9.59 Å². The molecule has 28 heavy (non-hydrogen) atoms. The third-order valence-electron chi connectivity index (χ3n) is 4.68. The molecule has 0 spiro atoms. The van der Waals surface area contributed by atoms with Gasteiger partial charge in [-0.2, -0.15) is 0 Å². The van der Waals surface area contributed by atoms with Gasteiger partial charge in [-0.25, -0.2) is 4.98 Å². The Morgan fingerprint density at radius 3 is 2.82 bits per heavy atom. The summed E-state index contributed by atoms with van der Waals surface area (Å²) < 4.78 is 10.6. The van der Waals surface area contributed by atoms with Gasteiger partial charge in [-0.3, -0.25) is 14.5 Å². The second kappa shape index (κ2) is 7.98. The number of ether oxygens (including phenoxy) is 2. The number of thiazole rings is 1. The molecule has 144 valence electrons. The number of esters is 1. The average Bonchev–Trinajstić information content (AvgIpc) is 3.34. The summed E-state index contributed by atoms with van der Waals surface area (Å²) in [6, 6.07) is 11.8. The van der Waals surface area contributed by atoms with Gasteiger partial charge in [0.1, 0.15) is 12.4 Å². The van der Waals surface area contributed by atoms with Crippen LogP contribution in [0.2, 0.25) is 0 Å². The first-order valence-electron chi connectivity index (χ1n) is 9.09. The Kier molecular flexibility index (Phi) is 5.25. The number of fused-ring (bicyclic) bond motifs is 1. The zero-order valence-corrected chi connectivity index (χ0v) is 16.3. The summed E-state index contributed by atoms with van der Waals surface area (Å²) in [5, 5.41) is 4.61. The highest BCUT2D eigenvalue weighted by Gasteiger charge is 2.24. The molecule has 0 bridgehead atoms. The third-order valence-corrected chi connectivity index (χ3v) is 5.59. The van der Waals surface area contributed by atoms with Crippen molar-refractivity contribution in [3.63, 3.8) is 0 Å². The van der Waals surface area contributed by atoms with Crippen molar-refractivity contribution in [1.29, 1.82) is 0 Å². The molecule has 6 nitrogen and oxygen atoms in total. The summed E-state index contributed by atoms with van der Waals surface area (Å²) in [7, 11) is 1.64. The van der Waals surface area contributed by atoms with E-state index in [4.69, 9.17) is 9.47 Å². The normalized spacial score (nSPS) is 13.9. The maximum absolute atomic E-state index is 12.2. The molecule has 0 N–H and O–H groups in total. The van der Waals surface area contributed by atoms with E-state index in [0.717, 1.165) is 28.5 Å². The average molecular weight is 396 g/mol. The van der Waals surface area contributed by atoms with E-state index in [-0.39, 0.29) is 24.9 Å². The van der Waals surface area contributed by atoms with Crippen molar-refractivity contribution in [2.24, 2.45) is 0 Å². The monoisotopic (exact) mass is 396 g/mol. The Balaban J connectivity index is 1.35. The fourth-order valence-electron chi connectivity index (χ4n) is 3.20. The third kappa shape index (κ3) is 3.99. The summed E-state index contributed by atoms with van der Waals surface area (Å²) in [6.45, 7) is 0.909. The lowest BCUT2D eigenvalue weighted by Crippen LogP contribution is -2.23. The Morgan fingerprint density at radius 2 is 2.04 bits per heavy atom.